The van der Waals surface area contributed by atoms with Crippen LogP contribution in [0.4, 0.5) is 5.69 Å². The molecule has 0 radical (unpaired) electrons. The molecule has 0 aliphatic carbocycles. The molecule has 33 heavy (non-hydrogen) atoms. The first-order valence-corrected chi connectivity index (χ1v) is 11.5. The fraction of sp³-hybridized carbons (Fsp3) is 0.440. The molecule has 174 valence electrons. The summed E-state index contributed by atoms with van der Waals surface area (Å²) in [7, 11) is 1.66. The molecule has 0 spiro atoms. The van der Waals surface area contributed by atoms with Gasteiger partial charge in [0.1, 0.15) is 5.75 Å². The number of nitrogens with zero attached hydrogens (tertiary/aromatic N) is 2. The summed E-state index contributed by atoms with van der Waals surface area (Å²) >= 11 is 0. The average molecular weight is 452 g/mol. The van der Waals surface area contributed by atoms with Crippen LogP contribution >= 0.6 is 0 Å². The molecule has 1 N–H and O–H groups in total. The normalized spacial score (nSPS) is 20.8. The lowest BCUT2D eigenvalue weighted by Crippen LogP contribution is -2.40. The van der Waals surface area contributed by atoms with Crippen LogP contribution in [0.3, 0.4) is 0 Å². The summed E-state index contributed by atoms with van der Waals surface area (Å²) in [6, 6.07) is 13.5. The molecule has 0 bridgehead atoms. The number of carbonyl (C=O) groups is 2. The molecule has 2 unspecified atom stereocenters. The highest BCUT2D eigenvalue weighted by Gasteiger charge is 2.36. The number of likely N-dealkylation sites (tertiary alicyclic amines) is 1. The largest absolute Gasteiger partial charge is 0.497 e. The van der Waals surface area contributed by atoms with E-state index in [9.17, 15) is 9.59 Å². The second-order valence-electron chi connectivity index (χ2n) is 8.72. The van der Waals surface area contributed by atoms with Crippen LogP contribution in [-0.4, -0.2) is 56.8 Å². The monoisotopic (exact) mass is 451 g/mol. The fourth-order valence-electron chi connectivity index (χ4n) is 4.89. The molecule has 2 aromatic carbocycles. The molecule has 2 amide bonds. The number of anilines is 1. The van der Waals surface area contributed by atoms with Gasteiger partial charge in [-0.3, -0.25) is 14.5 Å². The Kier molecular flexibility index (Phi) is 6.09. The van der Waals surface area contributed by atoms with E-state index >= 15 is 0 Å². The van der Waals surface area contributed by atoms with Gasteiger partial charge in [-0.2, -0.15) is 0 Å². The van der Waals surface area contributed by atoms with E-state index in [2.05, 4.69) is 16.3 Å². The fourth-order valence-corrected chi connectivity index (χ4v) is 4.89. The minimum atomic E-state index is -0.382. The number of carbonyl (C=O) groups excluding carboxylic acids is 2. The van der Waals surface area contributed by atoms with Crippen molar-refractivity contribution in [2.75, 3.05) is 45.0 Å². The number of benzene rings is 2. The Hall–Kier alpha value is -3.26. The Morgan fingerprint density at radius 3 is 2.79 bits per heavy atom. The third-order valence-corrected chi connectivity index (χ3v) is 6.69. The van der Waals surface area contributed by atoms with E-state index in [-0.39, 0.29) is 37.0 Å². The minimum Gasteiger partial charge on any atom is -0.497 e. The van der Waals surface area contributed by atoms with Crippen molar-refractivity contribution in [2.24, 2.45) is 5.92 Å². The van der Waals surface area contributed by atoms with Crippen molar-refractivity contribution >= 4 is 17.5 Å². The molecule has 2 saturated heterocycles. The number of hydrogen-bond acceptors (Lipinski definition) is 6. The summed E-state index contributed by atoms with van der Waals surface area (Å²) in [5.74, 6) is 1.58. The van der Waals surface area contributed by atoms with Gasteiger partial charge in [-0.1, -0.05) is 12.1 Å². The molecule has 0 saturated carbocycles. The molecule has 0 aromatic heterocycles. The highest BCUT2D eigenvalue weighted by atomic mass is 16.7. The topological polar surface area (TPSA) is 80.3 Å². The number of nitrogens with one attached hydrogen (secondary N) is 1. The minimum absolute atomic E-state index is 0.0575. The van der Waals surface area contributed by atoms with Gasteiger partial charge in [0.25, 0.3) is 0 Å². The van der Waals surface area contributed by atoms with Gasteiger partial charge in [0.2, 0.25) is 18.6 Å². The Labute approximate surface area is 193 Å². The lowest BCUT2D eigenvalue weighted by Gasteiger charge is -2.29. The van der Waals surface area contributed by atoms with E-state index in [1.165, 1.54) is 0 Å². The predicted molar refractivity (Wildman–Crippen MR) is 123 cm³/mol. The molecule has 8 heteroatoms. The maximum atomic E-state index is 13.1. The van der Waals surface area contributed by atoms with E-state index in [0.29, 0.717) is 24.6 Å². The zero-order valence-electron chi connectivity index (χ0n) is 18.8. The van der Waals surface area contributed by atoms with Crippen molar-refractivity contribution in [3.8, 4) is 17.2 Å². The van der Waals surface area contributed by atoms with Gasteiger partial charge in [0, 0.05) is 31.3 Å². The zero-order valence-corrected chi connectivity index (χ0v) is 18.8. The summed E-state index contributed by atoms with van der Waals surface area (Å²) in [5, 5.41) is 3.13. The maximum Gasteiger partial charge on any atom is 0.231 e. The van der Waals surface area contributed by atoms with E-state index in [1.807, 2.05) is 24.3 Å². The molecule has 2 aromatic rings. The molecule has 3 aliphatic heterocycles. The van der Waals surface area contributed by atoms with Gasteiger partial charge in [-0.25, -0.2) is 0 Å². The lowest BCUT2D eigenvalue weighted by molar-refractivity contribution is -0.126. The number of fused-ring (bicyclic) bond motifs is 1. The average Bonchev–Trinajstić information content (AvgIpc) is 3.60. The first-order chi connectivity index (χ1) is 16.1. The number of rotatable bonds is 7. The number of hydrogen-bond donors (Lipinski definition) is 1. The van der Waals surface area contributed by atoms with Crippen molar-refractivity contribution in [2.45, 2.75) is 25.3 Å². The van der Waals surface area contributed by atoms with Crippen LogP contribution in [-0.2, 0) is 9.59 Å². The smallest absolute Gasteiger partial charge is 0.231 e. The Balaban J connectivity index is 1.25. The Bertz CT molecular complexity index is 1040. The van der Waals surface area contributed by atoms with Gasteiger partial charge < -0.3 is 24.4 Å². The zero-order chi connectivity index (χ0) is 22.8. The quantitative estimate of drug-likeness (QED) is 0.697. The summed E-state index contributed by atoms with van der Waals surface area (Å²) in [6.07, 6.45) is 2.53. The third-order valence-electron chi connectivity index (χ3n) is 6.69. The third kappa shape index (κ3) is 4.48. The first-order valence-electron chi connectivity index (χ1n) is 11.5. The van der Waals surface area contributed by atoms with Gasteiger partial charge in [-0.15, -0.1) is 0 Å². The van der Waals surface area contributed by atoms with Gasteiger partial charge in [0.15, 0.2) is 11.5 Å². The van der Waals surface area contributed by atoms with Gasteiger partial charge >= 0.3 is 0 Å². The Morgan fingerprint density at radius 2 is 1.97 bits per heavy atom. The summed E-state index contributed by atoms with van der Waals surface area (Å²) in [4.78, 5) is 29.8. The van der Waals surface area contributed by atoms with Gasteiger partial charge in [0.05, 0.1) is 19.1 Å². The highest BCUT2D eigenvalue weighted by molar-refractivity contribution is 6.00. The second kappa shape index (κ2) is 9.31. The van der Waals surface area contributed by atoms with Crippen LogP contribution in [0, 0.1) is 5.92 Å². The van der Waals surface area contributed by atoms with Crippen LogP contribution in [0.5, 0.6) is 17.2 Å². The second-order valence-corrected chi connectivity index (χ2v) is 8.72. The van der Waals surface area contributed by atoms with Crippen molar-refractivity contribution in [3.05, 3.63) is 48.0 Å². The van der Waals surface area contributed by atoms with E-state index in [0.717, 1.165) is 42.9 Å². The summed E-state index contributed by atoms with van der Waals surface area (Å²) in [5.41, 5.74) is 1.85. The lowest BCUT2D eigenvalue weighted by atomic mass is 10.0. The number of methoxy groups -OCH3 is 1. The van der Waals surface area contributed by atoms with E-state index in [1.54, 1.807) is 24.1 Å². The summed E-state index contributed by atoms with van der Waals surface area (Å²) in [6.45, 7) is 3.07. The standard InChI is InChI=1S/C25H29N3O5/c1-31-20-6-4-5-17(11-20)21(27-9-2-3-10-27)14-26-25(30)18-12-24(29)28(15-18)19-7-8-22-23(13-19)33-16-32-22/h4-8,11,13,18,21H,2-3,9-10,12,14-16H2,1H3,(H,26,30). The molecule has 5 rings (SSSR count). The van der Waals surface area contributed by atoms with E-state index in [4.69, 9.17) is 14.2 Å². The van der Waals surface area contributed by atoms with Crippen LogP contribution in [0.15, 0.2) is 42.5 Å². The molecular weight excluding hydrogens is 422 g/mol. The van der Waals surface area contributed by atoms with Crippen LogP contribution < -0.4 is 24.4 Å². The molecular formula is C25H29N3O5. The molecule has 2 fully saturated rings. The van der Waals surface area contributed by atoms with Crippen LogP contribution in [0.2, 0.25) is 0 Å². The molecule has 3 aliphatic rings. The first kappa shape index (κ1) is 21.6. The Morgan fingerprint density at radius 1 is 1.15 bits per heavy atom. The van der Waals surface area contributed by atoms with Crippen LogP contribution in [0.25, 0.3) is 0 Å². The van der Waals surface area contributed by atoms with Crippen molar-refractivity contribution < 1.29 is 23.8 Å². The molecule has 8 nitrogen and oxygen atoms in total. The summed E-state index contributed by atoms with van der Waals surface area (Å²) < 4.78 is 16.2. The van der Waals surface area contributed by atoms with Crippen molar-refractivity contribution in [1.82, 2.24) is 10.2 Å². The maximum absolute atomic E-state index is 13.1. The number of amides is 2. The van der Waals surface area contributed by atoms with Gasteiger partial charge in [-0.05, 0) is 55.8 Å². The molecule has 2 atom stereocenters. The number of ether oxygens (including phenoxy) is 3. The van der Waals surface area contributed by atoms with E-state index < -0.39 is 0 Å². The highest BCUT2D eigenvalue weighted by Crippen LogP contribution is 2.37. The van der Waals surface area contributed by atoms with Crippen LogP contribution in [0.1, 0.15) is 30.9 Å². The molecule has 3 heterocycles. The predicted octanol–water partition coefficient (Wildman–Crippen LogP) is 2.73. The SMILES string of the molecule is COc1cccc(C(CNC(=O)C2CC(=O)N(c3ccc4c(c3)OCO4)C2)N2CCCC2)c1. The van der Waals surface area contributed by atoms with Crippen molar-refractivity contribution in [1.29, 1.82) is 0 Å². The van der Waals surface area contributed by atoms with Crippen molar-refractivity contribution in [3.63, 3.8) is 0 Å².